The molecule has 3 aromatic heterocycles. The second-order valence-electron chi connectivity index (χ2n) is 12.0. The first-order valence-electron chi connectivity index (χ1n) is 15.7. The van der Waals surface area contributed by atoms with Gasteiger partial charge in [0.15, 0.2) is 0 Å². The molecule has 0 aliphatic rings. The summed E-state index contributed by atoms with van der Waals surface area (Å²) in [7, 11) is 0. The Kier molecular flexibility index (Phi) is 9.67. The van der Waals surface area contributed by atoms with Crippen molar-refractivity contribution >= 4 is 55.3 Å². The van der Waals surface area contributed by atoms with Gasteiger partial charge in [-0.2, -0.15) is 13.2 Å². The maximum absolute atomic E-state index is 13.8. The zero-order valence-corrected chi connectivity index (χ0v) is 28.1. The quantitative estimate of drug-likeness (QED) is 0.153. The third-order valence-corrected chi connectivity index (χ3v) is 9.78. The fraction of sp³-hybridized carbons (Fsp3) is 0.184. The highest BCUT2D eigenvalue weighted by molar-refractivity contribution is 7.18. The third kappa shape index (κ3) is 7.48. The Morgan fingerprint density at radius 3 is 1.73 bits per heavy atom. The maximum atomic E-state index is 13.8. The Hall–Kier alpha value is -5.56. The van der Waals surface area contributed by atoms with Crippen molar-refractivity contribution in [3.8, 4) is 0 Å². The van der Waals surface area contributed by atoms with Crippen LogP contribution < -0.4 is 0 Å². The Balaban J connectivity index is 0.000000176. The average Bonchev–Trinajstić information content (AvgIpc) is 3.67. The van der Waals surface area contributed by atoms with Crippen molar-refractivity contribution < 1.29 is 41.8 Å². The van der Waals surface area contributed by atoms with Gasteiger partial charge in [-0.05, 0) is 97.6 Å². The SMILES string of the molecule is Cc1c(Cc2ccc(C(F)(F)F)cc2)c2cc(F)ccc2n1CC(=O)O.Cc1c(Cc2nc3ccccc3s2)c2cc(F)ccc2n1CC(=O)O. The van der Waals surface area contributed by atoms with Gasteiger partial charge in [-0.1, -0.05) is 24.3 Å². The number of halogens is 5. The normalized spacial score (nSPS) is 11.7. The molecule has 0 atom stereocenters. The van der Waals surface area contributed by atoms with E-state index in [0.29, 0.717) is 34.1 Å². The molecule has 7 rings (SSSR count). The highest BCUT2D eigenvalue weighted by atomic mass is 32.1. The standard InChI is InChI=1S/C19H15F4NO2.C19H15FN2O2S/c1-11-15(8-12-2-4-13(5-3-12)19(21,22)23)16-9-14(20)6-7-17(16)24(11)10-18(25)26;1-11-13(9-18-21-15-4-2-3-5-17(15)25-18)14-8-12(20)6-7-16(14)22(11)10-19(23)24/h2-7,9H,8,10H2,1H3,(H,25,26);2-8H,9-10H2,1H3,(H,23,24). The molecular weight excluding hydrogens is 689 g/mol. The largest absolute Gasteiger partial charge is 0.480 e. The lowest BCUT2D eigenvalue weighted by atomic mass is 10.0. The second-order valence-corrected chi connectivity index (χ2v) is 13.1. The number of carboxylic acid groups (broad SMARTS) is 2. The molecule has 0 saturated heterocycles. The predicted octanol–water partition coefficient (Wildman–Crippen LogP) is 9.16. The zero-order valence-electron chi connectivity index (χ0n) is 27.3. The molecule has 4 aromatic carbocycles. The van der Waals surface area contributed by atoms with Gasteiger partial charge in [0.1, 0.15) is 24.7 Å². The summed E-state index contributed by atoms with van der Waals surface area (Å²) in [5.41, 5.74) is 5.24. The second kappa shape index (κ2) is 14.0. The van der Waals surface area contributed by atoms with E-state index in [4.69, 9.17) is 5.11 Å². The van der Waals surface area contributed by atoms with Crippen LogP contribution in [0, 0.1) is 25.5 Å². The number of alkyl halides is 3. The van der Waals surface area contributed by atoms with Crippen molar-refractivity contribution in [2.75, 3.05) is 0 Å². The number of thiazole rings is 1. The first kappa shape index (κ1) is 35.3. The molecule has 51 heavy (non-hydrogen) atoms. The summed E-state index contributed by atoms with van der Waals surface area (Å²) in [5.74, 6) is -2.74. The molecule has 0 bridgehead atoms. The van der Waals surface area contributed by atoms with Crippen LogP contribution in [0.3, 0.4) is 0 Å². The van der Waals surface area contributed by atoms with E-state index in [1.807, 2.05) is 31.2 Å². The maximum Gasteiger partial charge on any atom is 0.416 e. The van der Waals surface area contributed by atoms with Crippen molar-refractivity contribution in [2.24, 2.45) is 0 Å². The Labute approximate surface area is 291 Å². The van der Waals surface area contributed by atoms with E-state index in [-0.39, 0.29) is 25.3 Å². The minimum atomic E-state index is -4.41. The molecule has 7 aromatic rings. The van der Waals surface area contributed by atoms with Gasteiger partial charge in [0.25, 0.3) is 0 Å². The molecule has 0 amide bonds. The number of nitrogens with zero attached hydrogens (tertiary/aromatic N) is 3. The molecule has 0 spiro atoms. The third-order valence-electron chi connectivity index (χ3n) is 8.75. The summed E-state index contributed by atoms with van der Waals surface area (Å²) < 4.78 is 69.9. The number of hydrogen-bond acceptors (Lipinski definition) is 4. The van der Waals surface area contributed by atoms with Gasteiger partial charge in [-0.25, -0.2) is 13.8 Å². The molecule has 3 heterocycles. The number of carboxylic acids is 2. The molecule has 2 N–H and O–H groups in total. The summed E-state index contributed by atoms with van der Waals surface area (Å²) in [6, 6.07) is 21.2. The first-order valence-corrected chi connectivity index (χ1v) is 16.5. The summed E-state index contributed by atoms with van der Waals surface area (Å²) in [6.45, 7) is 3.18. The van der Waals surface area contributed by atoms with Crippen molar-refractivity contribution in [1.29, 1.82) is 0 Å². The first-order chi connectivity index (χ1) is 24.2. The zero-order chi connectivity index (χ0) is 36.6. The molecule has 0 aliphatic carbocycles. The van der Waals surface area contributed by atoms with Gasteiger partial charge in [-0.3, -0.25) is 9.59 Å². The van der Waals surface area contributed by atoms with Crippen LogP contribution in [0.5, 0.6) is 0 Å². The van der Waals surface area contributed by atoms with Gasteiger partial charge < -0.3 is 19.3 Å². The van der Waals surface area contributed by atoms with Gasteiger partial charge in [0.05, 0.1) is 20.8 Å². The predicted molar refractivity (Wildman–Crippen MR) is 185 cm³/mol. The lowest BCUT2D eigenvalue weighted by molar-refractivity contribution is -0.138. The monoisotopic (exact) mass is 719 g/mol. The van der Waals surface area contributed by atoms with Crippen LogP contribution in [-0.2, 0) is 41.7 Å². The van der Waals surface area contributed by atoms with Crippen LogP contribution in [0.4, 0.5) is 22.0 Å². The van der Waals surface area contributed by atoms with Crippen LogP contribution in [0.1, 0.15) is 38.6 Å². The Bertz CT molecular complexity index is 2390. The van der Waals surface area contributed by atoms with Gasteiger partial charge in [0, 0.05) is 39.6 Å². The number of aliphatic carboxylic acids is 2. The fourth-order valence-electron chi connectivity index (χ4n) is 6.33. The highest BCUT2D eigenvalue weighted by Gasteiger charge is 2.30. The van der Waals surface area contributed by atoms with Crippen molar-refractivity contribution in [3.63, 3.8) is 0 Å². The van der Waals surface area contributed by atoms with Crippen LogP contribution in [-0.4, -0.2) is 36.3 Å². The Morgan fingerprint density at radius 1 is 0.725 bits per heavy atom. The number of carbonyl (C=O) groups is 2. The minimum absolute atomic E-state index is 0.145. The smallest absolute Gasteiger partial charge is 0.416 e. The summed E-state index contributed by atoms with van der Waals surface area (Å²) in [4.78, 5) is 27.0. The molecule has 0 radical (unpaired) electrons. The van der Waals surface area contributed by atoms with E-state index >= 15 is 0 Å². The molecule has 13 heteroatoms. The minimum Gasteiger partial charge on any atom is -0.480 e. The molecule has 262 valence electrons. The molecule has 0 unspecified atom stereocenters. The van der Waals surface area contributed by atoms with Crippen LogP contribution >= 0.6 is 11.3 Å². The topological polar surface area (TPSA) is 97.4 Å². The van der Waals surface area contributed by atoms with Crippen LogP contribution in [0.2, 0.25) is 0 Å². The van der Waals surface area contributed by atoms with Crippen LogP contribution in [0.25, 0.3) is 32.0 Å². The van der Waals surface area contributed by atoms with Crippen molar-refractivity contribution in [1.82, 2.24) is 14.1 Å². The fourth-order valence-corrected chi connectivity index (χ4v) is 7.31. The van der Waals surface area contributed by atoms with E-state index in [9.17, 15) is 36.6 Å². The van der Waals surface area contributed by atoms with E-state index in [1.54, 1.807) is 33.5 Å². The van der Waals surface area contributed by atoms with Crippen molar-refractivity contribution in [2.45, 2.75) is 46.0 Å². The number of aromatic nitrogens is 3. The molecule has 0 aliphatic heterocycles. The summed E-state index contributed by atoms with van der Waals surface area (Å²) in [5, 5.41) is 20.5. The molecular formula is C38H30F5N3O4S. The average molecular weight is 720 g/mol. The summed E-state index contributed by atoms with van der Waals surface area (Å²) in [6.07, 6.45) is -3.58. The number of fused-ring (bicyclic) bond motifs is 3. The van der Waals surface area contributed by atoms with E-state index in [0.717, 1.165) is 49.5 Å². The molecule has 0 saturated carbocycles. The lowest BCUT2D eigenvalue weighted by Gasteiger charge is -2.08. The number of para-hydroxylation sites is 1. The van der Waals surface area contributed by atoms with Gasteiger partial charge in [-0.15, -0.1) is 11.3 Å². The lowest BCUT2D eigenvalue weighted by Crippen LogP contribution is -2.10. The summed E-state index contributed by atoms with van der Waals surface area (Å²) >= 11 is 1.61. The van der Waals surface area contributed by atoms with Gasteiger partial charge >= 0.3 is 18.1 Å². The highest BCUT2D eigenvalue weighted by Crippen LogP contribution is 2.33. The molecule has 0 fully saturated rings. The molecule has 7 nitrogen and oxygen atoms in total. The number of benzene rings is 4. The van der Waals surface area contributed by atoms with E-state index in [1.165, 1.54) is 42.5 Å². The van der Waals surface area contributed by atoms with E-state index < -0.39 is 29.5 Å². The van der Waals surface area contributed by atoms with E-state index in [2.05, 4.69) is 4.98 Å². The van der Waals surface area contributed by atoms with Crippen molar-refractivity contribution in [3.05, 3.63) is 135 Å². The van der Waals surface area contributed by atoms with Crippen LogP contribution in [0.15, 0.2) is 84.9 Å². The Morgan fingerprint density at radius 2 is 1.24 bits per heavy atom. The number of rotatable bonds is 8. The number of hydrogen-bond donors (Lipinski definition) is 2. The van der Waals surface area contributed by atoms with Gasteiger partial charge in [0.2, 0.25) is 0 Å².